The maximum absolute atomic E-state index is 12.4. The highest BCUT2D eigenvalue weighted by Gasteiger charge is 2.29. The Hall–Kier alpha value is -3.01. The molecule has 5 N–H and O–H groups in total. The van der Waals surface area contributed by atoms with E-state index in [4.69, 9.17) is 12.2 Å². The second-order valence-electron chi connectivity index (χ2n) is 5.51. The van der Waals surface area contributed by atoms with E-state index in [-0.39, 0.29) is 18.7 Å². The molecule has 7 nitrogen and oxygen atoms in total. The Morgan fingerprint density at radius 1 is 1.44 bits per heavy atom. The number of aryl methyl sites for hydroxylation is 1. The SMILES string of the molecule is C#CCC.CNc1c(C)ccc(N)c1C(=O)NC1CCC(=O)NC1=O. The summed E-state index contributed by atoms with van der Waals surface area (Å²) >= 11 is 0. The lowest BCUT2D eigenvalue weighted by Gasteiger charge is -2.23. The van der Waals surface area contributed by atoms with Gasteiger partial charge in [0.1, 0.15) is 6.04 Å². The monoisotopic (exact) mass is 344 g/mol. The van der Waals surface area contributed by atoms with E-state index < -0.39 is 17.9 Å². The molecule has 1 atom stereocenters. The first-order chi connectivity index (χ1) is 11.8. The van der Waals surface area contributed by atoms with Gasteiger partial charge in [-0.3, -0.25) is 19.7 Å². The van der Waals surface area contributed by atoms with E-state index in [0.717, 1.165) is 12.0 Å². The molecule has 0 radical (unpaired) electrons. The number of terminal acetylenes is 1. The smallest absolute Gasteiger partial charge is 0.256 e. The van der Waals surface area contributed by atoms with Crippen molar-refractivity contribution >= 4 is 29.1 Å². The van der Waals surface area contributed by atoms with Gasteiger partial charge in [-0.05, 0) is 25.0 Å². The molecule has 0 aliphatic carbocycles. The highest BCUT2D eigenvalue weighted by Crippen LogP contribution is 2.26. The maximum Gasteiger partial charge on any atom is 0.256 e. The molecule has 1 saturated heterocycles. The summed E-state index contributed by atoms with van der Waals surface area (Å²) in [6.45, 7) is 3.80. The lowest BCUT2D eigenvalue weighted by Crippen LogP contribution is -2.52. The molecule has 1 fully saturated rings. The Bertz CT molecular complexity index is 707. The summed E-state index contributed by atoms with van der Waals surface area (Å²) in [5, 5.41) is 7.77. The number of carbonyl (C=O) groups excluding carboxylic acids is 3. The van der Waals surface area contributed by atoms with Crippen LogP contribution >= 0.6 is 0 Å². The van der Waals surface area contributed by atoms with Crippen molar-refractivity contribution in [3.05, 3.63) is 23.3 Å². The lowest BCUT2D eigenvalue weighted by molar-refractivity contribution is -0.134. The molecule has 2 rings (SSSR count). The van der Waals surface area contributed by atoms with Crippen LogP contribution in [-0.2, 0) is 9.59 Å². The molecule has 7 heteroatoms. The average Bonchev–Trinajstić information content (AvgIpc) is 2.59. The number of hydrogen-bond acceptors (Lipinski definition) is 5. The predicted molar refractivity (Wildman–Crippen MR) is 97.9 cm³/mol. The number of carbonyl (C=O) groups is 3. The Balaban J connectivity index is 0.000000705. The number of piperidine rings is 1. The van der Waals surface area contributed by atoms with Gasteiger partial charge in [-0.15, -0.1) is 12.3 Å². The van der Waals surface area contributed by atoms with Crippen molar-refractivity contribution in [3.63, 3.8) is 0 Å². The van der Waals surface area contributed by atoms with Crippen molar-refractivity contribution in [2.75, 3.05) is 18.1 Å². The summed E-state index contributed by atoms with van der Waals surface area (Å²) in [4.78, 5) is 35.2. The zero-order chi connectivity index (χ0) is 19.0. The van der Waals surface area contributed by atoms with Crippen LogP contribution in [0.2, 0.25) is 0 Å². The molecule has 1 aliphatic rings. The van der Waals surface area contributed by atoms with Crippen LogP contribution in [0.15, 0.2) is 12.1 Å². The van der Waals surface area contributed by atoms with Gasteiger partial charge < -0.3 is 16.4 Å². The zero-order valence-corrected chi connectivity index (χ0v) is 14.7. The molecular formula is C18H24N4O3. The third kappa shape index (κ3) is 5.24. The molecule has 1 heterocycles. The fourth-order valence-corrected chi connectivity index (χ4v) is 2.35. The van der Waals surface area contributed by atoms with Crippen LogP contribution < -0.4 is 21.7 Å². The van der Waals surface area contributed by atoms with Gasteiger partial charge >= 0.3 is 0 Å². The van der Waals surface area contributed by atoms with E-state index in [2.05, 4.69) is 21.9 Å². The van der Waals surface area contributed by atoms with Gasteiger partial charge in [-0.25, -0.2) is 0 Å². The van der Waals surface area contributed by atoms with Gasteiger partial charge in [0.05, 0.1) is 11.3 Å². The van der Waals surface area contributed by atoms with Crippen LogP contribution in [0.4, 0.5) is 11.4 Å². The van der Waals surface area contributed by atoms with Gasteiger partial charge in [-0.2, -0.15) is 0 Å². The van der Waals surface area contributed by atoms with Gasteiger partial charge in [-0.1, -0.05) is 13.0 Å². The van der Waals surface area contributed by atoms with E-state index in [1.54, 1.807) is 13.1 Å². The topological polar surface area (TPSA) is 113 Å². The normalized spacial score (nSPS) is 16.0. The molecule has 0 spiro atoms. The second-order valence-corrected chi connectivity index (χ2v) is 5.51. The van der Waals surface area contributed by atoms with Crippen molar-refractivity contribution in [3.8, 4) is 12.3 Å². The van der Waals surface area contributed by atoms with Gasteiger partial charge in [0.2, 0.25) is 11.8 Å². The van der Waals surface area contributed by atoms with Crippen molar-refractivity contribution in [1.82, 2.24) is 10.6 Å². The summed E-state index contributed by atoms with van der Waals surface area (Å²) in [6.07, 6.45) is 6.12. The van der Waals surface area contributed by atoms with Crippen LogP contribution in [0.25, 0.3) is 0 Å². The Kier molecular flexibility index (Phi) is 7.47. The molecule has 0 saturated carbocycles. The molecule has 1 unspecified atom stereocenters. The lowest BCUT2D eigenvalue weighted by atomic mass is 10.0. The minimum atomic E-state index is -0.722. The zero-order valence-electron chi connectivity index (χ0n) is 14.7. The molecule has 0 aromatic heterocycles. The van der Waals surface area contributed by atoms with E-state index in [1.807, 2.05) is 19.9 Å². The van der Waals surface area contributed by atoms with Crippen LogP contribution in [0.5, 0.6) is 0 Å². The fourth-order valence-electron chi connectivity index (χ4n) is 2.35. The summed E-state index contributed by atoms with van der Waals surface area (Å²) in [6, 6.07) is 2.74. The minimum Gasteiger partial charge on any atom is -0.398 e. The molecule has 134 valence electrons. The number of rotatable bonds is 3. The standard InChI is InChI=1S/C14H18N4O3.C4H6/c1-7-3-4-8(15)11(12(7)16-2)14(21)17-9-5-6-10(19)18-13(9)20;1-3-4-2/h3-4,9,16H,5-6,15H2,1-2H3,(H,17,21)(H,18,19,20);1H,4H2,2H3. The Labute approximate surface area is 147 Å². The molecule has 25 heavy (non-hydrogen) atoms. The summed E-state index contributed by atoms with van der Waals surface area (Å²) in [5.74, 6) is 1.18. The Morgan fingerprint density at radius 3 is 2.60 bits per heavy atom. The fraction of sp³-hybridized carbons (Fsp3) is 0.389. The number of benzene rings is 1. The number of anilines is 2. The van der Waals surface area contributed by atoms with Crippen LogP contribution in [-0.4, -0.2) is 30.8 Å². The highest BCUT2D eigenvalue weighted by atomic mass is 16.2. The predicted octanol–water partition coefficient (Wildman–Crippen LogP) is 1.18. The minimum absolute atomic E-state index is 0.207. The number of nitrogens with two attached hydrogens (primary N) is 1. The van der Waals surface area contributed by atoms with Crippen LogP contribution in [0.3, 0.4) is 0 Å². The molecule has 1 aliphatic heterocycles. The van der Waals surface area contributed by atoms with Crippen molar-refractivity contribution in [2.24, 2.45) is 0 Å². The van der Waals surface area contributed by atoms with Crippen molar-refractivity contribution < 1.29 is 14.4 Å². The summed E-state index contributed by atoms with van der Waals surface area (Å²) in [5.41, 5.74) is 8.01. The van der Waals surface area contributed by atoms with E-state index in [0.29, 0.717) is 16.9 Å². The quantitative estimate of drug-likeness (QED) is 0.374. The average molecular weight is 344 g/mol. The largest absolute Gasteiger partial charge is 0.398 e. The third-order valence-electron chi connectivity index (χ3n) is 3.67. The molecule has 1 aromatic rings. The van der Waals surface area contributed by atoms with Crippen LogP contribution in [0.1, 0.15) is 42.1 Å². The van der Waals surface area contributed by atoms with Crippen molar-refractivity contribution in [2.45, 2.75) is 39.2 Å². The number of imide groups is 1. The molecule has 1 aromatic carbocycles. The van der Waals surface area contributed by atoms with E-state index in [9.17, 15) is 14.4 Å². The maximum atomic E-state index is 12.4. The summed E-state index contributed by atoms with van der Waals surface area (Å²) < 4.78 is 0. The Morgan fingerprint density at radius 2 is 2.08 bits per heavy atom. The highest BCUT2D eigenvalue weighted by molar-refractivity contribution is 6.08. The first-order valence-electron chi connectivity index (χ1n) is 8.00. The number of nitrogen functional groups attached to an aromatic ring is 1. The summed E-state index contributed by atoms with van der Waals surface area (Å²) in [7, 11) is 1.70. The van der Waals surface area contributed by atoms with Crippen LogP contribution in [0, 0.1) is 19.3 Å². The van der Waals surface area contributed by atoms with Gasteiger partial charge in [0.25, 0.3) is 5.91 Å². The first kappa shape index (κ1) is 20.0. The molecular weight excluding hydrogens is 320 g/mol. The number of hydrogen-bond donors (Lipinski definition) is 4. The molecule has 3 amide bonds. The van der Waals surface area contributed by atoms with E-state index in [1.165, 1.54) is 0 Å². The number of nitrogens with one attached hydrogen (secondary N) is 3. The number of amides is 3. The van der Waals surface area contributed by atoms with Crippen molar-refractivity contribution in [1.29, 1.82) is 0 Å². The second kappa shape index (κ2) is 9.33. The third-order valence-corrected chi connectivity index (χ3v) is 3.67. The molecule has 0 bridgehead atoms. The van der Waals surface area contributed by atoms with Gasteiger partial charge in [0.15, 0.2) is 0 Å². The first-order valence-corrected chi connectivity index (χ1v) is 8.00. The van der Waals surface area contributed by atoms with Gasteiger partial charge in [0, 0.05) is 25.6 Å². The van der Waals surface area contributed by atoms with E-state index >= 15 is 0 Å².